The van der Waals surface area contributed by atoms with Gasteiger partial charge in [-0.1, -0.05) is 0 Å². The summed E-state index contributed by atoms with van der Waals surface area (Å²) in [5.74, 6) is -0.633. The van der Waals surface area contributed by atoms with Crippen molar-refractivity contribution in [3.8, 4) is 0 Å². The zero-order valence-electron chi connectivity index (χ0n) is 6.59. The molecule has 4 heteroatoms. The molecule has 0 aliphatic heterocycles. The Morgan fingerprint density at radius 3 is 2.18 bits per heavy atom. The van der Waals surface area contributed by atoms with Gasteiger partial charge in [-0.2, -0.15) is 0 Å². The van der Waals surface area contributed by atoms with Gasteiger partial charge in [0, 0.05) is 33.0 Å². The van der Waals surface area contributed by atoms with Crippen LogP contribution in [0.15, 0.2) is 0 Å². The standard InChI is InChI=1S/C7H11ClO3/c1-10-7(11-2)3-5(4-7)6(8)9/h5H,3-4H2,1-2H3. The number of rotatable bonds is 3. The maximum absolute atomic E-state index is 10.6. The fourth-order valence-corrected chi connectivity index (χ4v) is 1.42. The molecule has 0 bridgehead atoms. The average molecular weight is 179 g/mol. The van der Waals surface area contributed by atoms with Crippen LogP contribution in [0.5, 0.6) is 0 Å². The molecule has 0 atom stereocenters. The molecule has 0 aromatic rings. The molecule has 1 rings (SSSR count). The summed E-state index contributed by atoms with van der Waals surface area (Å²) in [5, 5.41) is -0.297. The Labute approximate surface area is 70.6 Å². The van der Waals surface area contributed by atoms with Crippen LogP contribution in [0.3, 0.4) is 0 Å². The summed E-state index contributed by atoms with van der Waals surface area (Å²) in [4.78, 5) is 10.6. The summed E-state index contributed by atoms with van der Waals surface area (Å²) < 4.78 is 10.1. The number of carbonyl (C=O) groups excluding carboxylic acids is 1. The highest BCUT2D eigenvalue weighted by molar-refractivity contribution is 6.64. The van der Waals surface area contributed by atoms with Gasteiger partial charge in [-0.05, 0) is 11.6 Å². The van der Waals surface area contributed by atoms with Crippen molar-refractivity contribution in [2.45, 2.75) is 18.6 Å². The molecule has 0 aromatic carbocycles. The monoisotopic (exact) mass is 178 g/mol. The van der Waals surface area contributed by atoms with Gasteiger partial charge in [0.05, 0.1) is 0 Å². The molecule has 0 amide bonds. The Morgan fingerprint density at radius 1 is 1.45 bits per heavy atom. The van der Waals surface area contributed by atoms with Gasteiger partial charge >= 0.3 is 0 Å². The predicted molar refractivity (Wildman–Crippen MR) is 40.3 cm³/mol. The molecule has 0 unspecified atom stereocenters. The van der Waals surface area contributed by atoms with Gasteiger partial charge in [0.1, 0.15) is 0 Å². The molecule has 0 aromatic heterocycles. The Hall–Kier alpha value is -0.120. The second-order valence-corrected chi connectivity index (χ2v) is 3.10. The molecule has 1 aliphatic rings. The van der Waals surface area contributed by atoms with Crippen molar-refractivity contribution in [1.82, 2.24) is 0 Å². The van der Waals surface area contributed by atoms with E-state index in [-0.39, 0.29) is 11.2 Å². The minimum atomic E-state index is -0.546. The van der Waals surface area contributed by atoms with Gasteiger partial charge in [-0.15, -0.1) is 0 Å². The minimum Gasteiger partial charge on any atom is -0.353 e. The number of methoxy groups -OCH3 is 2. The first-order valence-electron chi connectivity index (χ1n) is 3.43. The molecule has 1 saturated carbocycles. The number of carbonyl (C=O) groups is 1. The van der Waals surface area contributed by atoms with Crippen molar-refractivity contribution < 1.29 is 14.3 Å². The van der Waals surface area contributed by atoms with Crippen LogP contribution in [-0.4, -0.2) is 25.2 Å². The topological polar surface area (TPSA) is 35.5 Å². The van der Waals surface area contributed by atoms with E-state index in [9.17, 15) is 4.79 Å². The van der Waals surface area contributed by atoms with Crippen LogP contribution < -0.4 is 0 Å². The van der Waals surface area contributed by atoms with Crippen LogP contribution >= 0.6 is 11.6 Å². The van der Waals surface area contributed by atoms with E-state index in [0.717, 1.165) is 0 Å². The lowest BCUT2D eigenvalue weighted by atomic mass is 9.79. The first kappa shape index (κ1) is 8.97. The highest BCUT2D eigenvalue weighted by Crippen LogP contribution is 2.41. The lowest BCUT2D eigenvalue weighted by molar-refractivity contribution is -0.265. The van der Waals surface area contributed by atoms with Gasteiger partial charge in [-0.3, -0.25) is 4.79 Å². The lowest BCUT2D eigenvalue weighted by Crippen LogP contribution is -2.49. The van der Waals surface area contributed by atoms with Crippen molar-refractivity contribution >= 4 is 16.8 Å². The molecule has 0 radical (unpaired) electrons. The first-order valence-corrected chi connectivity index (χ1v) is 3.81. The van der Waals surface area contributed by atoms with Gasteiger partial charge in [0.25, 0.3) is 0 Å². The van der Waals surface area contributed by atoms with Gasteiger partial charge in [0.2, 0.25) is 5.24 Å². The zero-order valence-corrected chi connectivity index (χ0v) is 7.35. The maximum atomic E-state index is 10.6. The van der Waals surface area contributed by atoms with Crippen molar-refractivity contribution in [2.75, 3.05) is 14.2 Å². The van der Waals surface area contributed by atoms with Crippen LogP contribution in [0.2, 0.25) is 0 Å². The number of hydrogen-bond acceptors (Lipinski definition) is 3. The van der Waals surface area contributed by atoms with E-state index in [4.69, 9.17) is 21.1 Å². The maximum Gasteiger partial charge on any atom is 0.225 e. The number of ether oxygens (including phenoxy) is 2. The van der Waals surface area contributed by atoms with Crippen LogP contribution in [-0.2, 0) is 14.3 Å². The SMILES string of the molecule is COC1(OC)CC(C(=O)Cl)C1. The van der Waals surface area contributed by atoms with Crippen molar-refractivity contribution in [3.63, 3.8) is 0 Å². The summed E-state index contributed by atoms with van der Waals surface area (Å²) in [6.07, 6.45) is 1.14. The summed E-state index contributed by atoms with van der Waals surface area (Å²) in [6.45, 7) is 0. The molecule has 0 N–H and O–H groups in total. The normalized spacial score (nSPS) is 22.8. The Balaban J connectivity index is 2.41. The minimum absolute atomic E-state index is 0.0865. The quantitative estimate of drug-likeness (QED) is 0.481. The Kier molecular flexibility index (Phi) is 2.52. The van der Waals surface area contributed by atoms with E-state index >= 15 is 0 Å². The fraction of sp³-hybridized carbons (Fsp3) is 0.857. The van der Waals surface area contributed by atoms with Crippen LogP contribution in [0.4, 0.5) is 0 Å². The van der Waals surface area contributed by atoms with E-state index in [0.29, 0.717) is 12.8 Å². The van der Waals surface area contributed by atoms with E-state index in [1.165, 1.54) is 0 Å². The van der Waals surface area contributed by atoms with Crippen molar-refractivity contribution in [3.05, 3.63) is 0 Å². The molecule has 1 fully saturated rings. The molecule has 0 saturated heterocycles. The molecular weight excluding hydrogens is 168 g/mol. The molecule has 0 spiro atoms. The highest BCUT2D eigenvalue weighted by atomic mass is 35.5. The number of hydrogen-bond donors (Lipinski definition) is 0. The van der Waals surface area contributed by atoms with E-state index < -0.39 is 5.79 Å². The summed E-state index contributed by atoms with van der Waals surface area (Å²) in [5.41, 5.74) is 0. The van der Waals surface area contributed by atoms with Gasteiger partial charge < -0.3 is 9.47 Å². The van der Waals surface area contributed by atoms with Crippen molar-refractivity contribution in [1.29, 1.82) is 0 Å². The fourth-order valence-electron chi connectivity index (χ4n) is 1.27. The summed E-state index contributed by atoms with van der Waals surface area (Å²) in [6, 6.07) is 0. The molecule has 11 heavy (non-hydrogen) atoms. The number of halogens is 1. The third-order valence-electron chi connectivity index (χ3n) is 2.18. The van der Waals surface area contributed by atoms with Gasteiger partial charge in [0.15, 0.2) is 5.79 Å². The molecule has 0 heterocycles. The molecule has 3 nitrogen and oxygen atoms in total. The third-order valence-corrected chi connectivity index (χ3v) is 2.49. The molecular formula is C7H11ClO3. The molecule has 64 valence electrons. The van der Waals surface area contributed by atoms with Crippen molar-refractivity contribution in [2.24, 2.45) is 5.92 Å². The lowest BCUT2D eigenvalue weighted by Gasteiger charge is -2.43. The Morgan fingerprint density at radius 2 is 1.91 bits per heavy atom. The largest absolute Gasteiger partial charge is 0.353 e. The summed E-state index contributed by atoms with van der Waals surface area (Å²) in [7, 11) is 3.14. The van der Waals surface area contributed by atoms with Crippen LogP contribution in [0.1, 0.15) is 12.8 Å². The molecule has 1 aliphatic carbocycles. The van der Waals surface area contributed by atoms with E-state index in [2.05, 4.69) is 0 Å². The zero-order chi connectivity index (χ0) is 8.48. The average Bonchev–Trinajstić information content (AvgIpc) is 1.87. The highest BCUT2D eigenvalue weighted by Gasteiger charge is 2.47. The van der Waals surface area contributed by atoms with Gasteiger partial charge in [-0.25, -0.2) is 0 Å². The second-order valence-electron chi connectivity index (χ2n) is 2.73. The van der Waals surface area contributed by atoms with E-state index in [1.54, 1.807) is 14.2 Å². The van der Waals surface area contributed by atoms with Crippen LogP contribution in [0.25, 0.3) is 0 Å². The second kappa shape index (κ2) is 3.09. The Bertz CT molecular complexity index is 157. The third kappa shape index (κ3) is 1.55. The predicted octanol–water partition coefficient (Wildman–Crippen LogP) is 1.15. The smallest absolute Gasteiger partial charge is 0.225 e. The van der Waals surface area contributed by atoms with Crippen LogP contribution in [0, 0.1) is 5.92 Å². The van der Waals surface area contributed by atoms with E-state index in [1.807, 2.05) is 0 Å². The summed E-state index contributed by atoms with van der Waals surface area (Å²) >= 11 is 5.27. The first-order chi connectivity index (χ1) is 5.13.